The number of carbonyl (C=O) groups is 1. The summed E-state index contributed by atoms with van der Waals surface area (Å²) < 4.78 is 0. The Morgan fingerprint density at radius 3 is 3.12 bits per heavy atom. The van der Waals surface area contributed by atoms with Crippen LogP contribution in [0.2, 0.25) is 0 Å². The molecule has 1 aromatic rings. The maximum Gasteiger partial charge on any atom is 0.231 e. The SMILES string of the molecule is CN1C(=O)Cc2cc(CCNCC#N)ccc21. The molecule has 0 unspecified atom stereocenters. The van der Waals surface area contributed by atoms with Crippen molar-refractivity contribution in [2.45, 2.75) is 12.8 Å². The number of likely N-dealkylation sites (N-methyl/N-ethyl adjacent to an activating group) is 1. The molecule has 4 nitrogen and oxygen atoms in total. The standard InChI is InChI=1S/C13H15N3O/c1-16-12-3-2-10(4-6-15-7-5-14)8-11(12)9-13(16)17/h2-3,8,15H,4,6-7,9H2,1H3. The summed E-state index contributed by atoms with van der Waals surface area (Å²) in [5.41, 5.74) is 3.33. The van der Waals surface area contributed by atoms with Gasteiger partial charge in [-0.25, -0.2) is 0 Å². The van der Waals surface area contributed by atoms with Gasteiger partial charge in [0.2, 0.25) is 5.91 Å². The highest BCUT2D eigenvalue weighted by molar-refractivity contribution is 6.00. The van der Waals surface area contributed by atoms with Gasteiger partial charge in [-0.15, -0.1) is 0 Å². The van der Waals surface area contributed by atoms with Crippen LogP contribution in [0.25, 0.3) is 0 Å². The van der Waals surface area contributed by atoms with Gasteiger partial charge in [-0.05, 0) is 23.6 Å². The third kappa shape index (κ3) is 2.45. The van der Waals surface area contributed by atoms with Crippen LogP contribution in [-0.2, 0) is 17.6 Å². The van der Waals surface area contributed by atoms with E-state index in [1.165, 1.54) is 5.56 Å². The molecule has 0 spiro atoms. The fraction of sp³-hybridized carbons (Fsp3) is 0.385. The molecule has 88 valence electrons. The van der Waals surface area contributed by atoms with Gasteiger partial charge in [0.25, 0.3) is 0 Å². The molecule has 0 aliphatic carbocycles. The molecule has 0 bridgehead atoms. The fourth-order valence-corrected chi connectivity index (χ4v) is 2.06. The van der Waals surface area contributed by atoms with Gasteiger partial charge in [0.15, 0.2) is 0 Å². The Morgan fingerprint density at radius 1 is 1.53 bits per heavy atom. The number of nitrogens with zero attached hydrogens (tertiary/aromatic N) is 2. The summed E-state index contributed by atoms with van der Waals surface area (Å²) in [7, 11) is 1.81. The normalized spacial score (nSPS) is 13.6. The number of nitrogens with one attached hydrogen (secondary N) is 1. The molecule has 2 rings (SSSR count). The van der Waals surface area contributed by atoms with Gasteiger partial charge in [-0.3, -0.25) is 4.79 Å². The molecule has 0 aromatic heterocycles. The zero-order valence-electron chi connectivity index (χ0n) is 9.86. The van der Waals surface area contributed by atoms with Gasteiger partial charge < -0.3 is 10.2 Å². The quantitative estimate of drug-likeness (QED) is 0.615. The molecule has 0 fully saturated rings. The minimum atomic E-state index is 0.153. The molecule has 4 heteroatoms. The van der Waals surface area contributed by atoms with E-state index in [9.17, 15) is 4.79 Å². The second-order valence-electron chi connectivity index (χ2n) is 4.18. The maximum atomic E-state index is 11.5. The van der Waals surface area contributed by atoms with E-state index >= 15 is 0 Å². The summed E-state index contributed by atoms with van der Waals surface area (Å²) in [6.07, 6.45) is 1.39. The van der Waals surface area contributed by atoms with Gasteiger partial charge >= 0.3 is 0 Å². The van der Waals surface area contributed by atoms with E-state index in [1.807, 2.05) is 25.2 Å². The molecule has 1 N–H and O–H groups in total. The number of carbonyl (C=O) groups excluding carboxylic acids is 1. The van der Waals surface area contributed by atoms with Crippen molar-refractivity contribution in [1.82, 2.24) is 5.32 Å². The smallest absolute Gasteiger partial charge is 0.231 e. The Morgan fingerprint density at radius 2 is 2.35 bits per heavy atom. The largest absolute Gasteiger partial charge is 0.315 e. The summed E-state index contributed by atoms with van der Waals surface area (Å²) in [5.74, 6) is 0.153. The van der Waals surface area contributed by atoms with Crippen LogP contribution in [0.3, 0.4) is 0 Å². The van der Waals surface area contributed by atoms with Gasteiger partial charge in [0.05, 0.1) is 19.0 Å². The van der Waals surface area contributed by atoms with Crippen molar-refractivity contribution in [2.24, 2.45) is 0 Å². The lowest BCUT2D eigenvalue weighted by molar-refractivity contribution is -0.117. The number of hydrogen-bond acceptors (Lipinski definition) is 3. The zero-order chi connectivity index (χ0) is 12.3. The van der Waals surface area contributed by atoms with Gasteiger partial charge in [0, 0.05) is 19.3 Å². The zero-order valence-corrected chi connectivity index (χ0v) is 9.86. The first-order valence-corrected chi connectivity index (χ1v) is 5.68. The second-order valence-corrected chi connectivity index (χ2v) is 4.18. The lowest BCUT2D eigenvalue weighted by atomic mass is 10.1. The fourth-order valence-electron chi connectivity index (χ4n) is 2.06. The topological polar surface area (TPSA) is 56.1 Å². The molecule has 0 radical (unpaired) electrons. The molecular weight excluding hydrogens is 214 g/mol. The highest BCUT2D eigenvalue weighted by Crippen LogP contribution is 2.28. The molecule has 0 saturated heterocycles. The van der Waals surface area contributed by atoms with E-state index in [0.717, 1.165) is 24.2 Å². The third-order valence-corrected chi connectivity index (χ3v) is 3.02. The maximum absolute atomic E-state index is 11.5. The molecular formula is C13H15N3O. The summed E-state index contributed by atoms with van der Waals surface area (Å²) in [6, 6.07) is 8.18. The molecule has 0 saturated carbocycles. The monoisotopic (exact) mass is 229 g/mol. The summed E-state index contributed by atoms with van der Waals surface area (Å²) in [4.78, 5) is 13.2. The Labute approximate surface area is 101 Å². The van der Waals surface area contributed by atoms with Crippen LogP contribution in [0, 0.1) is 11.3 Å². The number of hydrogen-bond donors (Lipinski definition) is 1. The highest BCUT2D eigenvalue weighted by Gasteiger charge is 2.23. The summed E-state index contributed by atoms with van der Waals surface area (Å²) >= 11 is 0. The van der Waals surface area contributed by atoms with Crippen LogP contribution in [0.4, 0.5) is 5.69 Å². The third-order valence-electron chi connectivity index (χ3n) is 3.02. The highest BCUT2D eigenvalue weighted by atomic mass is 16.2. The second kappa shape index (κ2) is 4.98. The van der Waals surface area contributed by atoms with Crippen molar-refractivity contribution in [3.63, 3.8) is 0 Å². The van der Waals surface area contributed by atoms with Gasteiger partial charge in [-0.2, -0.15) is 5.26 Å². The van der Waals surface area contributed by atoms with E-state index in [-0.39, 0.29) is 5.91 Å². The van der Waals surface area contributed by atoms with Crippen LogP contribution in [0.5, 0.6) is 0 Å². The number of nitriles is 1. The average Bonchev–Trinajstić information content (AvgIpc) is 2.61. The number of rotatable bonds is 4. The van der Waals surface area contributed by atoms with Crippen molar-refractivity contribution in [3.05, 3.63) is 29.3 Å². The van der Waals surface area contributed by atoms with Crippen LogP contribution in [0.1, 0.15) is 11.1 Å². The first kappa shape index (κ1) is 11.6. The van der Waals surface area contributed by atoms with Crippen LogP contribution in [0.15, 0.2) is 18.2 Å². The molecule has 1 amide bonds. The number of benzene rings is 1. The van der Waals surface area contributed by atoms with Gasteiger partial charge in [0.1, 0.15) is 0 Å². The summed E-state index contributed by atoms with van der Waals surface area (Å²) in [6.45, 7) is 1.17. The molecule has 1 aliphatic heterocycles. The lowest BCUT2D eigenvalue weighted by Gasteiger charge is -2.10. The van der Waals surface area contributed by atoms with E-state index in [0.29, 0.717) is 13.0 Å². The van der Waals surface area contributed by atoms with E-state index in [1.54, 1.807) is 4.90 Å². The van der Waals surface area contributed by atoms with E-state index in [2.05, 4.69) is 11.4 Å². The Hall–Kier alpha value is -1.86. The van der Waals surface area contributed by atoms with Crippen LogP contribution >= 0.6 is 0 Å². The first-order valence-electron chi connectivity index (χ1n) is 5.68. The molecule has 1 aliphatic rings. The minimum absolute atomic E-state index is 0.153. The lowest BCUT2D eigenvalue weighted by Crippen LogP contribution is -2.20. The van der Waals surface area contributed by atoms with E-state index in [4.69, 9.17) is 5.26 Å². The van der Waals surface area contributed by atoms with Crippen molar-refractivity contribution in [1.29, 1.82) is 5.26 Å². The van der Waals surface area contributed by atoms with E-state index < -0.39 is 0 Å². The molecule has 17 heavy (non-hydrogen) atoms. The predicted octanol–water partition coefficient (Wildman–Crippen LogP) is 0.861. The van der Waals surface area contributed by atoms with Crippen LogP contribution < -0.4 is 10.2 Å². The van der Waals surface area contributed by atoms with Crippen molar-refractivity contribution in [3.8, 4) is 6.07 Å². The number of anilines is 1. The van der Waals surface area contributed by atoms with Gasteiger partial charge in [-0.1, -0.05) is 12.1 Å². The minimum Gasteiger partial charge on any atom is -0.315 e. The molecule has 0 atom stereocenters. The van der Waals surface area contributed by atoms with Crippen molar-refractivity contribution in [2.75, 3.05) is 25.0 Å². The average molecular weight is 229 g/mol. The Balaban J connectivity index is 2.01. The van der Waals surface area contributed by atoms with Crippen LogP contribution in [-0.4, -0.2) is 26.0 Å². The van der Waals surface area contributed by atoms with Crippen molar-refractivity contribution < 1.29 is 4.79 Å². The molecule has 1 heterocycles. The number of amides is 1. The summed E-state index contributed by atoms with van der Waals surface area (Å²) in [5, 5.41) is 11.4. The first-order chi connectivity index (χ1) is 8.22. The van der Waals surface area contributed by atoms with Crippen molar-refractivity contribution >= 4 is 11.6 Å². The Kier molecular flexibility index (Phi) is 3.40. The Bertz CT molecular complexity index is 476. The molecule has 1 aromatic carbocycles. The number of fused-ring (bicyclic) bond motifs is 1. The predicted molar refractivity (Wildman–Crippen MR) is 65.7 cm³/mol.